The van der Waals surface area contributed by atoms with Crippen molar-refractivity contribution in [3.8, 4) is 0 Å². The molecule has 0 fully saturated rings. The lowest BCUT2D eigenvalue weighted by atomic mass is 10.2. The minimum absolute atomic E-state index is 0.171. The highest BCUT2D eigenvalue weighted by atomic mass is 127. The molecule has 18 heavy (non-hydrogen) atoms. The fraction of sp³-hybridized carbons (Fsp3) is 0.0769. The Morgan fingerprint density at radius 1 is 1.28 bits per heavy atom. The molecule has 1 N–H and O–H groups in total. The highest BCUT2D eigenvalue weighted by Gasteiger charge is 2.10. The topological polar surface area (TPSA) is 42.0 Å². The molecule has 0 saturated carbocycles. The standard InChI is InChI=1S/C13H10BrIN2O/c1-8-11(15)6-7-12(16-8)17-13(18)9-4-2-3-5-10(9)14/h2-7H,1H3,(H,16,17,18). The lowest BCUT2D eigenvalue weighted by Crippen LogP contribution is -2.13. The van der Waals surface area contributed by atoms with Crippen LogP contribution in [0.5, 0.6) is 0 Å². The first-order chi connectivity index (χ1) is 8.58. The number of hydrogen-bond donors (Lipinski definition) is 1. The summed E-state index contributed by atoms with van der Waals surface area (Å²) in [6.45, 7) is 1.91. The summed E-state index contributed by atoms with van der Waals surface area (Å²) in [5.74, 6) is 0.393. The molecule has 1 aromatic heterocycles. The zero-order valence-electron chi connectivity index (χ0n) is 9.58. The number of rotatable bonds is 2. The summed E-state index contributed by atoms with van der Waals surface area (Å²) in [5.41, 5.74) is 1.50. The summed E-state index contributed by atoms with van der Waals surface area (Å²) >= 11 is 5.56. The molecule has 0 aliphatic rings. The van der Waals surface area contributed by atoms with Crippen LogP contribution in [-0.4, -0.2) is 10.9 Å². The summed E-state index contributed by atoms with van der Waals surface area (Å²) in [5, 5.41) is 2.78. The largest absolute Gasteiger partial charge is 0.307 e. The zero-order chi connectivity index (χ0) is 13.1. The van der Waals surface area contributed by atoms with Crippen molar-refractivity contribution < 1.29 is 4.79 Å². The van der Waals surface area contributed by atoms with Crippen LogP contribution in [-0.2, 0) is 0 Å². The number of carbonyl (C=O) groups is 1. The molecule has 0 spiro atoms. The van der Waals surface area contributed by atoms with Crippen LogP contribution in [0.15, 0.2) is 40.9 Å². The second-order valence-electron chi connectivity index (χ2n) is 3.70. The predicted octanol–water partition coefficient (Wildman–Crippen LogP) is 4.01. The van der Waals surface area contributed by atoms with Crippen LogP contribution in [0.2, 0.25) is 0 Å². The van der Waals surface area contributed by atoms with Crippen molar-refractivity contribution in [2.45, 2.75) is 6.92 Å². The van der Waals surface area contributed by atoms with E-state index >= 15 is 0 Å². The fourth-order valence-corrected chi connectivity index (χ4v) is 2.21. The molecule has 5 heteroatoms. The Morgan fingerprint density at radius 2 is 2.00 bits per heavy atom. The summed E-state index contributed by atoms with van der Waals surface area (Å²) in [6.07, 6.45) is 0. The average molecular weight is 417 g/mol. The van der Waals surface area contributed by atoms with Crippen molar-refractivity contribution in [2.75, 3.05) is 5.32 Å². The lowest BCUT2D eigenvalue weighted by molar-refractivity contribution is 0.102. The van der Waals surface area contributed by atoms with Crippen molar-refractivity contribution >= 4 is 50.2 Å². The van der Waals surface area contributed by atoms with Gasteiger partial charge in [0.15, 0.2) is 0 Å². The van der Waals surface area contributed by atoms with E-state index in [4.69, 9.17) is 0 Å². The highest BCUT2D eigenvalue weighted by molar-refractivity contribution is 14.1. The number of hydrogen-bond acceptors (Lipinski definition) is 2. The number of nitrogens with one attached hydrogen (secondary N) is 1. The smallest absolute Gasteiger partial charge is 0.257 e. The Kier molecular flexibility index (Phi) is 4.34. The van der Waals surface area contributed by atoms with Gasteiger partial charge in [-0.3, -0.25) is 4.79 Å². The minimum Gasteiger partial charge on any atom is -0.307 e. The Hall–Kier alpha value is -0.950. The third kappa shape index (κ3) is 3.08. The van der Waals surface area contributed by atoms with Gasteiger partial charge in [-0.15, -0.1) is 0 Å². The van der Waals surface area contributed by atoms with Crippen LogP contribution in [0.1, 0.15) is 16.1 Å². The van der Waals surface area contributed by atoms with Crippen molar-refractivity contribution in [3.63, 3.8) is 0 Å². The molecule has 0 aliphatic heterocycles. The number of nitrogens with zero attached hydrogens (tertiary/aromatic N) is 1. The van der Waals surface area contributed by atoms with Crippen LogP contribution in [0.3, 0.4) is 0 Å². The number of carbonyl (C=O) groups excluding carboxylic acids is 1. The van der Waals surface area contributed by atoms with Gasteiger partial charge in [0.1, 0.15) is 5.82 Å². The van der Waals surface area contributed by atoms with Gasteiger partial charge in [0.05, 0.1) is 11.3 Å². The third-order valence-corrected chi connectivity index (χ3v) is 4.21. The van der Waals surface area contributed by atoms with Gasteiger partial charge in [-0.25, -0.2) is 4.98 Å². The predicted molar refractivity (Wildman–Crippen MR) is 83.8 cm³/mol. The minimum atomic E-state index is -0.171. The first-order valence-corrected chi connectivity index (χ1v) is 7.14. The molecule has 92 valence electrons. The van der Waals surface area contributed by atoms with E-state index in [9.17, 15) is 4.79 Å². The molecule has 0 unspecified atom stereocenters. The van der Waals surface area contributed by atoms with Gasteiger partial charge >= 0.3 is 0 Å². The van der Waals surface area contributed by atoms with Crippen LogP contribution in [0.4, 0.5) is 5.82 Å². The van der Waals surface area contributed by atoms with E-state index in [1.165, 1.54) is 0 Å². The fourth-order valence-electron chi connectivity index (χ4n) is 1.44. The van der Waals surface area contributed by atoms with Crippen LogP contribution < -0.4 is 5.32 Å². The monoisotopic (exact) mass is 416 g/mol. The highest BCUT2D eigenvalue weighted by Crippen LogP contribution is 2.18. The Morgan fingerprint density at radius 3 is 2.67 bits per heavy atom. The molecule has 0 atom stereocenters. The molecule has 2 rings (SSSR count). The van der Waals surface area contributed by atoms with Crippen LogP contribution >= 0.6 is 38.5 Å². The summed E-state index contributed by atoms with van der Waals surface area (Å²) in [6, 6.07) is 11.0. The van der Waals surface area contributed by atoms with Crippen LogP contribution in [0, 0.1) is 10.5 Å². The molecule has 2 aromatic rings. The zero-order valence-corrected chi connectivity index (χ0v) is 13.3. The van der Waals surface area contributed by atoms with Crippen molar-refractivity contribution in [3.05, 3.63) is 55.7 Å². The number of anilines is 1. The van der Waals surface area contributed by atoms with Crippen LogP contribution in [0.25, 0.3) is 0 Å². The third-order valence-electron chi connectivity index (χ3n) is 2.38. The maximum absolute atomic E-state index is 12.0. The van der Waals surface area contributed by atoms with Gasteiger partial charge in [0.2, 0.25) is 0 Å². The number of amides is 1. The summed E-state index contributed by atoms with van der Waals surface area (Å²) < 4.78 is 1.84. The first-order valence-electron chi connectivity index (χ1n) is 5.27. The molecule has 1 amide bonds. The molecule has 0 bridgehead atoms. The van der Waals surface area contributed by atoms with Crippen molar-refractivity contribution in [1.82, 2.24) is 4.98 Å². The summed E-state index contributed by atoms with van der Waals surface area (Å²) in [4.78, 5) is 16.4. The second-order valence-corrected chi connectivity index (χ2v) is 5.71. The maximum Gasteiger partial charge on any atom is 0.257 e. The van der Waals surface area contributed by atoms with E-state index in [1.54, 1.807) is 12.1 Å². The molecule has 1 aromatic carbocycles. The van der Waals surface area contributed by atoms with E-state index < -0.39 is 0 Å². The van der Waals surface area contributed by atoms with Gasteiger partial charge in [0.25, 0.3) is 5.91 Å². The van der Waals surface area contributed by atoms with Crippen molar-refractivity contribution in [2.24, 2.45) is 0 Å². The lowest BCUT2D eigenvalue weighted by Gasteiger charge is -2.07. The number of aromatic nitrogens is 1. The van der Waals surface area contributed by atoms with Gasteiger partial charge in [-0.05, 0) is 69.7 Å². The average Bonchev–Trinajstić information content (AvgIpc) is 2.34. The molecule has 0 saturated heterocycles. The van der Waals surface area contributed by atoms with Gasteiger partial charge in [0, 0.05) is 8.04 Å². The van der Waals surface area contributed by atoms with E-state index in [0.717, 1.165) is 13.7 Å². The van der Waals surface area contributed by atoms with E-state index in [-0.39, 0.29) is 5.91 Å². The molecule has 1 heterocycles. The maximum atomic E-state index is 12.0. The number of halogens is 2. The Balaban J connectivity index is 2.22. The normalized spacial score (nSPS) is 10.2. The number of benzene rings is 1. The quantitative estimate of drug-likeness (QED) is 0.751. The second kappa shape index (κ2) is 5.79. The van der Waals surface area contributed by atoms with Gasteiger partial charge in [-0.2, -0.15) is 0 Å². The first kappa shape index (κ1) is 13.5. The SMILES string of the molecule is Cc1nc(NC(=O)c2ccccc2Br)ccc1I. The van der Waals surface area contributed by atoms with E-state index in [2.05, 4.69) is 48.8 Å². The molecular weight excluding hydrogens is 407 g/mol. The van der Waals surface area contributed by atoms with E-state index in [0.29, 0.717) is 11.4 Å². The molecule has 3 nitrogen and oxygen atoms in total. The van der Waals surface area contributed by atoms with Gasteiger partial charge in [-0.1, -0.05) is 12.1 Å². The Labute approximate surface area is 127 Å². The number of aryl methyl sites for hydroxylation is 1. The van der Waals surface area contributed by atoms with E-state index in [1.807, 2.05) is 31.2 Å². The summed E-state index contributed by atoms with van der Waals surface area (Å²) in [7, 11) is 0. The Bertz CT molecular complexity index is 601. The molecule has 0 radical (unpaired) electrons. The van der Waals surface area contributed by atoms with Gasteiger partial charge < -0.3 is 5.32 Å². The van der Waals surface area contributed by atoms with Crippen molar-refractivity contribution in [1.29, 1.82) is 0 Å². The molecule has 0 aliphatic carbocycles. The molecular formula is C13H10BrIN2O. The number of pyridine rings is 1.